The van der Waals surface area contributed by atoms with Gasteiger partial charge in [-0.3, -0.25) is 0 Å². The van der Waals surface area contributed by atoms with Crippen molar-refractivity contribution in [1.29, 1.82) is 0 Å². The Hall–Kier alpha value is -0.560. The lowest BCUT2D eigenvalue weighted by atomic mass is 9.70. The van der Waals surface area contributed by atoms with Crippen LogP contribution < -0.4 is 0 Å². The summed E-state index contributed by atoms with van der Waals surface area (Å²) in [7, 11) is 0. The molecule has 0 aliphatic heterocycles. The zero-order chi connectivity index (χ0) is 10.1. The van der Waals surface area contributed by atoms with E-state index in [0.717, 1.165) is 19.3 Å². The largest absolute Gasteiger partial charge is 0.392 e. The van der Waals surface area contributed by atoms with Crippen LogP contribution in [0.2, 0.25) is 0 Å². The fourth-order valence-corrected chi connectivity index (χ4v) is 2.85. The highest BCUT2D eigenvalue weighted by molar-refractivity contribution is 5.18. The number of aliphatic hydroxyl groups is 1. The molecule has 2 rings (SSSR count). The zero-order valence-corrected chi connectivity index (χ0v) is 9.00. The summed E-state index contributed by atoms with van der Waals surface area (Å²) in [4.78, 5) is 0. The Kier molecular flexibility index (Phi) is 2.78. The van der Waals surface area contributed by atoms with Gasteiger partial charge in [0.1, 0.15) is 0 Å². The van der Waals surface area contributed by atoms with Crippen molar-refractivity contribution in [3.8, 4) is 0 Å². The van der Waals surface area contributed by atoms with Gasteiger partial charge in [-0.2, -0.15) is 0 Å². The first-order valence-corrected chi connectivity index (χ1v) is 5.71. The Labute approximate surface area is 86.5 Å². The van der Waals surface area contributed by atoms with Gasteiger partial charge in [-0.15, -0.1) is 0 Å². The van der Waals surface area contributed by atoms with E-state index in [1.165, 1.54) is 24.0 Å². The SMILES string of the molecule is C=C(C)[C@H]1CCC2=CCCC(O)C2C1. The van der Waals surface area contributed by atoms with Crippen LogP contribution >= 0.6 is 0 Å². The van der Waals surface area contributed by atoms with E-state index < -0.39 is 0 Å². The highest BCUT2D eigenvalue weighted by Gasteiger charge is 2.32. The maximum absolute atomic E-state index is 9.93. The molecular formula is C13H20O. The number of hydrogen-bond acceptors (Lipinski definition) is 1. The van der Waals surface area contributed by atoms with Gasteiger partial charge in [0.05, 0.1) is 6.10 Å². The van der Waals surface area contributed by atoms with E-state index in [2.05, 4.69) is 19.6 Å². The first-order valence-electron chi connectivity index (χ1n) is 5.71. The topological polar surface area (TPSA) is 20.2 Å². The Morgan fingerprint density at radius 2 is 2.29 bits per heavy atom. The van der Waals surface area contributed by atoms with E-state index in [1.807, 2.05) is 0 Å². The molecule has 0 spiro atoms. The Morgan fingerprint density at radius 3 is 3.00 bits per heavy atom. The molecule has 2 aliphatic rings. The minimum absolute atomic E-state index is 0.0860. The summed E-state index contributed by atoms with van der Waals surface area (Å²) < 4.78 is 0. The summed E-state index contributed by atoms with van der Waals surface area (Å²) in [5, 5.41) is 9.93. The highest BCUT2D eigenvalue weighted by atomic mass is 16.3. The second-order valence-corrected chi connectivity index (χ2v) is 4.85. The summed E-state index contributed by atoms with van der Waals surface area (Å²) in [6.07, 6.45) is 7.84. The van der Waals surface area contributed by atoms with Crippen molar-refractivity contribution in [2.45, 2.75) is 45.1 Å². The van der Waals surface area contributed by atoms with E-state index in [-0.39, 0.29) is 6.10 Å². The maximum Gasteiger partial charge on any atom is 0.0608 e. The van der Waals surface area contributed by atoms with Crippen LogP contribution in [0.25, 0.3) is 0 Å². The molecular weight excluding hydrogens is 172 g/mol. The number of aliphatic hydroxyl groups excluding tert-OH is 1. The predicted molar refractivity (Wildman–Crippen MR) is 59.0 cm³/mol. The third-order valence-electron chi connectivity index (χ3n) is 3.83. The molecule has 0 bridgehead atoms. The van der Waals surface area contributed by atoms with Gasteiger partial charge < -0.3 is 5.11 Å². The average Bonchev–Trinajstić information content (AvgIpc) is 2.18. The normalized spacial score (nSPS) is 37.3. The van der Waals surface area contributed by atoms with Crippen LogP contribution in [-0.2, 0) is 0 Å². The van der Waals surface area contributed by atoms with Crippen LogP contribution in [0, 0.1) is 11.8 Å². The molecule has 3 atom stereocenters. The average molecular weight is 192 g/mol. The molecule has 0 heterocycles. The Balaban J connectivity index is 2.10. The summed E-state index contributed by atoms with van der Waals surface area (Å²) >= 11 is 0. The summed E-state index contributed by atoms with van der Waals surface area (Å²) in [6.45, 7) is 6.16. The van der Waals surface area contributed by atoms with Gasteiger partial charge in [0, 0.05) is 5.92 Å². The molecule has 2 aliphatic carbocycles. The number of fused-ring (bicyclic) bond motifs is 1. The van der Waals surface area contributed by atoms with Crippen molar-refractivity contribution >= 4 is 0 Å². The Morgan fingerprint density at radius 1 is 1.50 bits per heavy atom. The molecule has 1 nitrogen and oxygen atoms in total. The quantitative estimate of drug-likeness (QED) is 0.633. The lowest BCUT2D eigenvalue weighted by molar-refractivity contribution is 0.0877. The zero-order valence-electron chi connectivity index (χ0n) is 9.00. The summed E-state index contributed by atoms with van der Waals surface area (Å²) in [5.74, 6) is 1.09. The molecule has 78 valence electrons. The van der Waals surface area contributed by atoms with Crippen LogP contribution in [0.1, 0.15) is 39.0 Å². The third-order valence-corrected chi connectivity index (χ3v) is 3.83. The predicted octanol–water partition coefficient (Wildman–Crippen LogP) is 3.06. The first kappa shape index (κ1) is 9.97. The molecule has 1 N–H and O–H groups in total. The fourth-order valence-electron chi connectivity index (χ4n) is 2.85. The Bertz CT molecular complexity index is 264. The second-order valence-electron chi connectivity index (χ2n) is 4.85. The van der Waals surface area contributed by atoms with E-state index in [9.17, 15) is 5.11 Å². The van der Waals surface area contributed by atoms with Crippen molar-refractivity contribution in [3.05, 3.63) is 23.8 Å². The van der Waals surface area contributed by atoms with Crippen molar-refractivity contribution in [2.24, 2.45) is 11.8 Å². The first-order chi connectivity index (χ1) is 6.68. The van der Waals surface area contributed by atoms with Crippen LogP contribution in [0.4, 0.5) is 0 Å². The number of allylic oxidation sites excluding steroid dienone is 2. The van der Waals surface area contributed by atoms with Crippen LogP contribution in [0.3, 0.4) is 0 Å². The molecule has 0 radical (unpaired) electrons. The molecule has 0 aromatic carbocycles. The van der Waals surface area contributed by atoms with E-state index in [4.69, 9.17) is 0 Å². The maximum atomic E-state index is 9.93. The summed E-state index contributed by atoms with van der Waals surface area (Å²) in [6, 6.07) is 0. The van der Waals surface area contributed by atoms with Gasteiger partial charge in [0.15, 0.2) is 0 Å². The standard InChI is InChI=1S/C13H20O/c1-9(2)11-7-6-10-4-3-5-13(14)12(10)8-11/h4,11-14H,1,3,5-8H2,2H3/t11-,12?,13?/m0/s1. The number of hydrogen-bond donors (Lipinski definition) is 1. The van der Waals surface area contributed by atoms with Gasteiger partial charge in [-0.25, -0.2) is 0 Å². The van der Waals surface area contributed by atoms with Crippen molar-refractivity contribution in [2.75, 3.05) is 0 Å². The van der Waals surface area contributed by atoms with Gasteiger partial charge in [-0.05, 0) is 44.9 Å². The van der Waals surface area contributed by atoms with Crippen molar-refractivity contribution in [3.63, 3.8) is 0 Å². The molecule has 14 heavy (non-hydrogen) atoms. The van der Waals surface area contributed by atoms with Gasteiger partial charge in [0.25, 0.3) is 0 Å². The third kappa shape index (κ3) is 1.78. The van der Waals surface area contributed by atoms with Crippen LogP contribution in [0.5, 0.6) is 0 Å². The minimum atomic E-state index is -0.0860. The fraction of sp³-hybridized carbons (Fsp3) is 0.692. The molecule has 1 heteroatoms. The van der Waals surface area contributed by atoms with Gasteiger partial charge in [0.2, 0.25) is 0 Å². The minimum Gasteiger partial charge on any atom is -0.392 e. The smallest absolute Gasteiger partial charge is 0.0608 e. The van der Waals surface area contributed by atoms with Crippen molar-refractivity contribution < 1.29 is 5.11 Å². The molecule has 1 fully saturated rings. The van der Waals surface area contributed by atoms with E-state index >= 15 is 0 Å². The van der Waals surface area contributed by atoms with Gasteiger partial charge >= 0.3 is 0 Å². The molecule has 0 amide bonds. The highest BCUT2D eigenvalue weighted by Crippen LogP contribution is 2.41. The number of rotatable bonds is 1. The lowest BCUT2D eigenvalue weighted by Gasteiger charge is -2.37. The van der Waals surface area contributed by atoms with Crippen LogP contribution in [0.15, 0.2) is 23.8 Å². The van der Waals surface area contributed by atoms with E-state index in [1.54, 1.807) is 0 Å². The molecule has 0 aromatic heterocycles. The molecule has 0 saturated heterocycles. The molecule has 0 aromatic rings. The van der Waals surface area contributed by atoms with E-state index in [0.29, 0.717) is 11.8 Å². The summed E-state index contributed by atoms with van der Waals surface area (Å²) in [5.41, 5.74) is 2.81. The van der Waals surface area contributed by atoms with Crippen LogP contribution in [-0.4, -0.2) is 11.2 Å². The lowest BCUT2D eigenvalue weighted by Crippen LogP contribution is -2.31. The molecule has 2 unspecified atom stereocenters. The van der Waals surface area contributed by atoms with Crippen molar-refractivity contribution in [1.82, 2.24) is 0 Å². The monoisotopic (exact) mass is 192 g/mol. The van der Waals surface area contributed by atoms with Gasteiger partial charge in [-0.1, -0.05) is 23.8 Å². The second kappa shape index (κ2) is 3.90. The molecule has 1 saturated carbocycles.